The minimum atomic E-state index is -0.240. The molecule has 1 heterocycles. The Balaban J connectivity index is 1.51. The highest BCUT2D eigenvalue weighted by Gasteiger charge is 2.48. The van der Waals surface area contributed by atoms with Crippen LogP contribution in [0.4, 0.5) is 0 Å². The number of aliphatic hydroxyl groups excluding tert-OH is 1. The Bertz CT molecular complexity index is 587. The van der Waals surface area contributed by atoms with Crippen LogP contribution in [0.5, 0.6) is 0 Å². The van der Waals surface area contributed by atoms with Crippen molar-refractivity contribution in [2.24, 2.45) is 5.41 Å². The molecule has 3 N–H and O–H groups in total. The molecule has 0 unspecified atom stereocenters. The molecule has 1 aliphatic heterocycles. The second-order valence-corrected chi connectivity index (χ2v) is 7.42. The van der Waals surface area contributed by atoms with Crippen LogP contribution >= 0.6 is 0 Å². The number of nitrogens with one attached hydrogen (secondary N) is 2. The quantitative estimate of drug-likeness (QED) is 0.744. The van der Waals surface area contributed by atoms with Crippen LogP contribution in [0.15, 0.2) is 36.4 Å². The van der Waals surface area contributed by atoms with E-state index in [2.05, 4.69) is 17.6 Å². The van der Waals surface area contributed by atoms with E-state index in [0.29, 0.717) is 12.6 Å². The zero-order chi connectivity index (χ0) is 17.0. The predicted molar refractivity (Wildman–Crippen MR) is 96.4 cm³/mol. The zero-order valence-electron chi connectivity index (χ0n) is 14.4. The molecule has 0 bridgehead atoms. The summed E-state index contributed by atoms with van der Waals surface area (Å²) in [6, 6.07) is 10.4. The molecule has 0 spiro atoms. The Morgan fingerprint density at radius 2 is 2.08 bits per heavy atom. The number of carbonyl (C=O) groups excluding carboxylic acids is 1. The van der Waals surface area contributed by atoms with Crippen LogP contribution in [0.2, 0.25) is 0 Å². The highest BCUT2D eigenvalue weighted by Crippen LogP contribution is 2.43. The van der Waals surface area contributed by atoms with Gasteiger partial charge in [-0.3, -0.25) is 4.79 Å². The molecule has 1 aromatic carbocycles. The van der Waals surface area contributed by atoms with Crippen molar-refractivity contribution in [3.8, 4) is 0 Å². The van der Waals surface area contributed by atoms with Crippen molar-refractivity contribution < 1.29 is 9.90 Å². The number of hydrogen-bond donors (Lipinski definition) is 3. The van der Waals surface area contributed by atoms with Gasteiger partial charge in [0.25, 0.3) is 0 Å². The molecule has 24 heavy (non-hydrogen) atoms. The van der Waals surface area contributed by atoms with Crippen LogP contribution in [-0.4, -0.2) is 35.7 Å². The van der Waals surface area contributed by atoms with Crippen molar-refractivity contribution in [2.45, 2.75) is 57.2 Å². The third kappa shape index (κ3) is 3.87. The van der Waals surface area contributed by atoms with Crippen LogP contribution in [0.1, 0.15) is 44.6 Å². The lowest BCUT2D eigenvalue weighted by Gasteiger charge is -2.33. The van der Waals surface area contributed by atoms with E-state index in [0.717, 1.165) is 31.2 Å². The number of fused-ring (bicyclic) bond motifs is 1. The van der Waals surface area contributed by atoms with Crippen molar-refractivity contribution in [1.82, 2.24) is 10.6 Å². The summed E-state index contributed by atoms with van der Waals surface area (Å²) in [6.45, 7) is 2.80. The molecule has 2 fully saturated rings. The summed E-state index contributed by atoms with van der Waals surface area (Å²) >= 11 is 0. The van der Waals surface area contributed by atoms with E-state index >= 15 is 0 Å². The summed E-state index contributed by atoms with van der Waals surface area (Å²) in [5.41, 5.74) is 0.954. The Morgan fingerprint density at radius 1 is 1.33 bits per heavy atom. The molecule has 1 saturated carbocycles. The minimum Gasteiger partial charge on any atom is -0.392 e. The number of amides is 1. The van der Waals surface area contributed by atoms with Gasteiger partial charge in [-0.2, -0.15) is 0 Å². The first-order chi connectivity index (χ1) is 11.6. The van der Waals surface area contributed by atoms with Gasteiger partial charge in [0.05, 0.1) is 6.10 Å². The predicted octanol–water partition coefficient (Wildman–Crippen LogP) is 2.49. The maximum absolute atomic E-state index is 12.0. The normalized spacial score (nSPS) is 33.2. The molecule has 1 amide bonds. The maximum Gasteiger partial charge on any atom is 0.244 e. The van der Waals surface area contributed by atoms with Gasteiger partial charge in [0.2, 0.25) is 5.91 Å². The number of hydrogen-bond acceptors (Lipinski definition) is 3. The Morgan fingerprint density at radius 3 is 2.88 bits per heavy atom. The smallest absolute Gasteiger partial charge is 0.244 e. The van der Waals surface area contributed by atoms with E-state index in [1.165, 1.54) is 6.42 Å². The highest BCUT2D eigenvalue weighted by molar-refractivity contribution is 5.91. The van der Waals surface area contributed by atoms with Crippen LogP contribution in [0.3, 0.4) is 0 Å². The molecule has 4 atom stereocenters. The Kier molecular flexibility index (Phi) is 5.36. The second-order valence-electron chi connectivity index (χ2n) is 7.42. The van der Waals surface area contributed by atoms with Gasteiger partial charge in [-0.15, -0.1) is 0 Å². The van der Waals surface area contributed by atoms with Gasteiger partial charge >= 0.3 is 0 Å². The summed E-state index contributed by atoms with van der Waals surface area (Å²) in [5, 5.41) is 17.1. The number of benzene rings is 1. The lowest BCUT2D eigenvalue weighted by molar-refractivity contribution is -0.116. The molecule has 1 aromatic rings. The van der Waals surface area contributed by atoms with Crippen LogP contribution < -0.4 is 10.6 Å². The summed E-state index contributed by atoms with van der Waals surface area (Å²) in [6.07, 6.45) is 8.38. The molecule has 4 nitrogen and oxygen atoms in total. The standard InChI is InChI=1S/C20H28N2O2/c1-20-13-16(22-17(20)9-5-6-10-18(20)23)14-21-19(24)12-11-15-7-3-2-4-8-15/h2-4,7-8,11-12,16-18,22-23H,5-6,9-10,13-14H2,1H3,(H,21,24)/b12-11+/t16-,17-,18+,20-/m1/s1. The van der Waals surface area contributed by atoms with Crippen molar-refractivity contribution in [3.63, 3.8) is 0 Å². The third-order valence-electron chi connectivity index (χ3n) is 5.65. The number of aliphatic hydroxyl groups is 1. The summed E-state index contributed by atoms with van der Waals surface area (Å²) in [4.78, 5) is 12.0. The first-order valence-corrected chi connectivity index (χ1v) is 9.03. The third-order valence-corrected chi connectivity index (χ3v) is 5.65. The first-order valence-electron chi connectivity index (χ1n) is 9.03. The van der Waals surface area contributed by atoms with Crippen LogP contribution in [0.25, 0.3) is 6.08 Å². The monoisotopic (exact) mass is 328 g/mol. The summed E-state index contributed by atoms with van der Waals surface area (Å²) < 4.78 is 0. The topological polar surface area (TPSA) is 61.4 Å². The van der Waals surface area contributed by atoms with Gasteiger partial charge in [-0.1, -0.05) is 50.1 Å². The molecule has 0 radical (unpaired) electrons. The SMILES string of the molecule is C[C@@]12C[C@H](CNC(=O)/C=C/c3ccccc3)N[C@@H]1CCCC[C@@H]2O. The van der Waals surface area contributed by atoms with Crippen molar-refractivity contribution >= 4 is 12.0 Å². The number of carbonyl (C=O) groups is 1. The van der Waals surface area contributed by atoms with Crippen LogP contribution in [-0.2, 0) is 4.79 Å². The maximum atomic E-state index is 12.0. The van der Waals surface area contributed by atoms with Gasteiger partial charge in [0.1, 0.15) is 0 Å². The summed E-state index contributed by atoms with van der Waals surface area (Å²) in [5.74, 6) is -0.0709. The molecule has 4 heteroatoms. The number of rotatable bonds is 4. The molecule has 1 saturated heterocycles. The lowest BCUT2D eigenvalue weighted by atomic mass is 9.75. The van der Waals surface area contributed by atoms with Crippen molar-refractivity contribution in [1.29, 1.82) is 0 Å². The van der Waals surface area contributed by atoms with E-state index in [1.54, 1.807) is 6.08 Å². The van der Waals surface area contributed by atoms with Gasteiger partial charge < -0.3 is 15.7 Å². The molecule has 2 aliphatic rings. The van der Waals surface area contributed by atoms with Crippen molar-refractivity contribution in [3.05, 3.63) is 42.0 Å². The average molecular weight is 328 g/mol. The molecule has 3 rings (SSSR count). The van der Waals surface area contributed by atoms with Gasteiger partial charge in [0.15, 0.2) is 0 Å². The first kappa shape index (κ1) is 17.2. The fraction of sp³-hybridized carbons (Fsp3) is 0.550. The van der Waals surface area contributed by atoms with E-state index < -0.39 is 0 Å². The van der Waals surface area contributed by atoms with E-state index in [4.69, 9.17) is 0 Å². The Hall–Kier alpha value is -1.65. The highest BCUT2D eigenvalue weighted by atomic mass is 16.3. The Labute approximate surface area is 144 Å². The molecule has 0 aromatic heterocycles. The lowest BCUT2D eigenvalue weighted by Crippen LogP contribution is -2.42. The van der Waals surface area contributed by atoms with Crippen molar-refractivity contribution in [2.75, 3.05) is 6.54 Å². The molecule has 130 valence electrons. The minimum absolute atomic E-state index is 0.0637. The van der Waals surface area contributed by atoms with E-state index in [1.807, 2.05) is 36.4 Å². The fourth-order valence-corrected chi connectivity index (χ4v) is 4.15. The molecule has 1 aliphatic carbocycles. The second kappa shape index (κ2) is 7.49. The largest absolute Gasteiger partial charge is 0.392 e. The van der Waals surface area contributed by atoms with Gasteiger partial charge in [-0.25, -0.2) is 0 Å². The zero-order valence-corrected chi connectivity index (χ0v) is 14.4. The van der Waals surface area contributed by atoms with Gasteiger partial charge in [0, 0.05) is 30.1 Å². The molecular weight excluding hydrogens is 300 g/mol. The van der Waals surface area contributed by atoms with E-state index in [-0.39, 0.29) is 23.5 Å². The summed E-state index contributed by atoms with van der Waals surface area (Å²) in [7, 11) is 0. The average Bonchev–Trinajstić information content (AvgIpc) is 2.86. The van der Waals surface area contributed by atoms with E-state index in [9.17, 15) is 9.90 Å². The van der Waals surface area contributed by atoms with Gasteiger partial charge in [-0.05, 0) is 30.9 Å². The van der Waals surface area contributed by atoms with Crippen LogP contribution in [0, 0.1) is 5.41 Å². The fourth-order valence-electron chi connectivity index (χ4n) is 4.15. The molecular formula is C20H28N2O2.